The first-order valence-electron chi connectivity index (χ1n) is 6.30. The number of ether oxygens (including phenoxy) is 1. The summed E-state index contributed by atoms with van der Waals surface area (Å²) in [5.41, 5.74) is 7.52. The molecule has 1 heterocycles. The van der Waals surface area contributed by atoms with E-state index in [2.05, 4.69) is 5.10 Å². The van der Waals surface area contributed by atoms with E-state index < -0.39 is 6.10 Å². The molecule has 1 unspecified atom stereocenters. The van der Waals surface area contributed by atoms with Gasteiger partial charge in [-0.1, -0.05) is 17.7 Å². The van der Waals surface area contributed by atoms with Gasteiger partial charge in [0, 0.05) is 22.3 Å². The molecular formula is C14H18ClN3O2. The Balaban J connectivity index is 2.52. The van der Waals surface area contributed by atoms with Gasteiger partial charge < -0.3 is 15.6 Å². The lowest BCUT2D eigenvalue weighted by Gasteiger charge is -2.18. The lowest BCUT2D eigenvalue weighted by atomic mass is 10.0. The van der Waals surface area contributed by atoms with E-state index >= 15 is 0 Å². The number of nitrogens with two attached hydrogens (primary N) is 1. The van der Waals surface area contributed by atoms with Crippen LogP contribution in [0, 0.1) is 0 Å². The molecule has 20 heavy (non-hydrogen) atoms. The van der Waals surface area contributed by atoms with Gasteiger partial charge in [-0.25, -0.2) is 0 Å². The second-order valence-corrected chi connectivity index (χ2v) is 5.25. The molecule has 0 radical (unpaired) electrons. The van der Waals surface area contributed by atoms with E-state index in [4.69, 9.17) is 22.1 Å². The highest BCUT2D eigenvalue weighted by atomic mass is 35.5. The highest BCUT2D eigenvalue weighted by molar-refractivity contribution is 6.30. The van der Waals surface area contributed by atoms with Crippen molar-refractivity contribution in [1.29, 1.82) is 0 Å². The van der Waals surface area contributed by atoms with Crippen molar-refractivity contribution in [3.63, 3.8) is 0 Å². The second kappa shape index (κ2) is 5.73. The van der Waals surface area contributed by atoms with Gasteiger partial charge in [-0.05, 0) is 26.0 Å². The van der Waals surface area contributed by atoms with Gasteiger partial charge in [0.25, 0.3) is 0 Å². The maximum atomic E-state index is 10.6. The van der Waals surface area contributed by atoms with Crippen LogP contribution < -0.4 is 10.5 Å². The van der Waals surface area contributed by atoms with Crippen LogP contribution in [0.5, 0.6) is 5.75 Å². The lowest BCUT2D eigenvalue weighted by Crippen LogP contribution is -2.14. The number of anilines is 1. The van der Waals surface area contributed by atoms with Crippen molar-refractivity contribution in [2.45, 2.75) is 26.0 Å². The van der Waals surface area contributed by atoms with Crippen LogP contribution in [0.3, 0.4) is 0 Å². The molecule has 5 nitrogen and oxygen atoms in total. The van der Waals surface area contributed by atoms with Crippen molar-refractivity contribution in [3.8, 4) is 5.75 Å². The van der Waals surface area contributed by atoms with Crippen molar-refractivity contribution in [2.75, 3.05) is 12.8 Å². The average Bonchev–Trinajstić information content (AvgIpc) is 2.81. The predicted molar refractivity (Wildman–Crippen MR) is 79.1 cm³/mol. The van der Waals surface area contributed by atoms with E-state index in [1.807, 2.05) is 13.8 Å². The third-order valence-electron chi connectivity index (χ3n) is 3.11. The van der Waals surface area contributed by atoms with Crippen LogP contribution in [0.1, 0.15) is 37.3 Å². The molecule has 0 amide bonds. The first-order valence-corrected chi connectivity index (χ1v) is 6.67. The molecule has 0 saturated carbocycles. The van der Waals surface area contributed by atoms with Crippen LogP contribution in [0.15, 0.2) is 24.4 Å². The zero-order valence-corrected chi connectivity index (χ0v) is 12.4. The summed E-state index contributed by atoms with van der Waals surface area (Å²) in [4.78, 5) is 0. The van der Waals surface area contributed by atoms with Gasteiger partial charge in [0.15, 0.2) is 5.75 Å². The Morgan fingerprint density at radius 3 is 2.65 bits per heavy atom. The summed E-state index contributed by atoms with van der Waals surface area (Å²) in [6, 6.07) is 5.11. The largest absolute Gasteiger partial charge is 0.493 e. The van der Waals surface area contributed by atoms with E-state index in [-0.39, 0.29) is 6.04 Å². The molecule has 0 saturated heterocycles. The summed E-state index contributed by atoms with van der Waals surface area (Å²) in [5, 5.41) is 15.4. The monoisotopic (exact) mass is 295 g/mol. The minimum absolute atomic E-state index is 0.0945. The van der Waals surface area contributed by atoms with E-state index in [0.29, 0.717) is 27.7 Å². The topological polar surface area (TPSA) is 73.3 Å². The molecule has 1 atom stereocenters. The molecule has 6 heteroatoms. The standard InChI is InChI=1S/C14H18ClN3O2/c1-8(2)18-13(12(20-3)7-17-18)14(19)10-5-4-9(15)6-11(10)16/h4-8,14,19H,16H2,1-3H3. The smallest absolute Gasteiger partial charge is 0.163 e. The Hall–Kier alpha value is -1.72. The van der Waals surface area contributed by atoms with Gasteiger partial charge in [-0.15, -0.1) is 0 Å². The van der Waals surface area contributed by atoms with Gasteiger partial charge in [0.2, 0.25) is 0 Å². The molecule has 0 aliphatic rings. The number of hydrogen-bond acceptors (Lipinski definition) is 4. The molecule has 2 aromatic rings. The summed E-state index contributed by atoms with van der Waals surface area (Å²) in [7, 11) is 1.54. The SMILES string of the molecule is COc1cnn(C(C)C)c1C(O)c1ccc(Cl)cc1N. The third kappa shape index (κ3) is 2.59. The lowest BCUT2D eigenvalue weighted by molar-refractivity contribution is 0.200. The summed E-state index contributed by atoms with van der Waals surface area (Å²) >= 11 is 5.88. The zero-order chi connectivity index (χ0) is 14.9. The Morgan fingerprint density at radius 1 is 1.40 bits per heavy atom. The van der Waals surface area contributed by atoms with Crippen LogP contribution in [0.2, 0.25) is 5.02 Å². The number of aliphatic hydroxyl groups excluding tert-OH is 1. The highest BCUT2D eigenvalue weighted by Crippen LogP contribution is 2.34. The van der Waals surface area contributed by atoms with E-state index in [9.17, 15) is 5.11 Å². The number of benzene rings is 1. The Morgan fingerprint density at radius 2 is 2.10 bits per heavy atom. The predicted octanol–water partition coefficient (Wildman–Crippen LogP) is 2.79. The first-order chi connectivity index (χ1) is 9.45. The number of methoxy groups -OCH3 is 1. The number of halogens is 1. The van der Waals surface area contributed by atoms with E-state index in [0.717, 1.165) is 0 Å². The van der Waals surface area contributed by atoms with Crippen molar-refractivity contribution in [1.82, 2.24) is 9.78 Å². The fourth-order valence-electron chi connectivity index (χ4n) is 2.13. The quantitative estimate of drug-likeness (QED) is 0.851. The van der Waals surface area contributed by atoms with Crippen molar-refractivity contribution >= 4 is 17.3 Å². The molecule has 0 spiro atoms. The molecule has 0 aliphatic carbocycles. The summed E-state index contributed by atoms with van der Waals surface area (Å²) in [5.74, 6) is 0.528. The maximum Gasteiger partial charge on any atom is 0.163 e. The fourth-order valence-corrected chi connectivity index (χ4v) is 2.31. The molecule has 0 fully saturated rings. The van der Waals surface area contributed by atoms with Gasteiger partial charge in [0.05, 0.1) is 13.3 Å². The fraction of sp³-hybridized carbons (Fsp3) is 0.357. The minimum atomic E-state index is -0.924. The number of aliphatic hydroxyl groups is 1. The number of rotatable bonds is 4. The Bertz CT molecular complexity index is 610. The molecule has 2 rings (SSSR count). The van der Waals surface area contributed by atoms with Gasteiger partial charge in [-0.2, -0.15) is 5.10 Å². The second-order valence-electron chi connectivity index (χ2n) is 4.81. The van der Waals surface area contributed by atoms with Crippen molar-refractivity contribution in [2.24, 2.45) is 0 Å². The minimum Gasteiger partial charge on any atom is -0.493 e. The number of nitrogens with zero attached hydrogens (tertiary/aromatic N) is 2. The summed E-state index contributed by atoms with van der Waals surface area (Å²) in [6.45, 7) is 3.96. The van der Waals surface area contributed by atoms with Crippen LogP contribution >= 0.6 is 11.6 Å². The van der Waals surface area contributed by atoms with Gasteiger partial charge >= 0.3 is 0 Å². The van der Waals surface area contributed by atoms with Crippen LogP contribution in [-0.4, -0.2) is 22.0 Å². The maximum absolute atomic E-state index is 10.6. The summed E-state index contributed by atoms with van der Waals surface area (Å²) in [6.07, 6.45) is 0.664. The molecule has 108 valence electrons. The molecule has 1 aromatic carbocycles. The molecule has 3 N–H and O–H groups in total. The molecule has 1 aromatic heterocycles. The third-order valence-corrected chi connectivity index (χ3v) is 3.35. The van der Waals surface area contributed by atoms with Crippen LogP contribution in [0.25, 0.3) is 0 Å². The van der Waals surface area contributed by atoms with Crippen LogP contribution in [0.4, 0.5) is 5.69 Å². The van der Waals surface area contributed by atoms with Gasteiger partial charge in [0.1, 0.15) is 11.8 Å². The molecular weight excluding hydrogens is 278 g/mol. The summed E-state index contributed by atoms with van der Waals surface area (Å²) < 4.78 is 6.99. The van der Waals surface area contributed by atoms with E-state index in [1.165, 1.54) is 0 Å². The number of aromatic nitrogens is 2. The molecule has 0 aliphatic heterocycles. The number of nitrogen functional groups attached to an aromatic ring is 1. The Labute approximate surface area is 122 Å². The highest BCUT2D eigenvalue weighted by Gasteiger charge is 2.24. The van der Waals surface area contributed by atoms with Crippen LogP contribution in [-0.2, 0) is 0 Å². The van der Waals surface area contributed by atoms with Gasteiger partial charge in [-0.3, -0.25) is 4.68 Å². The zero-order valence-electron chi connectivity index (χ0n) is 11.7. The first kappa shape index (κ1) is 14.7. The number of hydrogen-bond donors (Lipinski definition) is 2. The average molecular weight is 296 g/mol. The van der Waals surface area contributed by atoms with Crippen molar-refractivity contribution in [3.05, 3.63) is 40.7 Å². The normalized spacial score (nSPS) is 12.7. The van der Waals surface area contributed by atoms with E-state index in [1.54, 1.807) is 36.2 Å². The Kier molecular flexibility index (Phi) is 4.20. The van der Waals surface area contributed by atoms with Crippen molar-refractivity contribution < 1.29 is 9.84 Å². The molecule has 0 bridgehead atoms.